The van der Waals surface area contributed by atoms with Crippen LogP contribution in [0.2, 0.25) is 0 Å². The summed E-state index contributed by atoms with van der Waals surface area (Å²) in [6.45, 7) is 11.3. The van der Waals surface area contributed by atoms with Gasteiger partial charge in [-0.1, -0.05) is 13.2 Å². The molecule has 128 valence electrons. The minimum Gasteiger partial charge on any atom is -0.364 e. The zero-order valence-electron chi connectivity index (χ0n) is 14.4. The number of hydrogen-bond donors (Lipinski definition) is 0. The van der Waals surface area contributed by atoms with E-state index in [1.165, 1.54) is 0 Å². The Kier molecular flexibility index (Phi) is 5.36. The van der Waals surface area contributed by atoms with Crippen LogP contribution in [0.4, 0.5) is 0 Å². The van der Waals surface area contributed by atoms with Gasteiger partial charge in [0.05, 0.1) is 6.67 Å². The molecule has 0 bridgehead atoms. The molecule has 0 saturated carbocycles. The lowest BCUT2D eigenvalue weighted by molar-refractivity contribution is -0.686. The monoisotopic (exact) mass is 336 g/mol. The predicted molar refractivity (Wildman–Crippen MR) is 96.4 cm³/mol. The normalized spacial score (nSPS) is 14.5. The molecule has 1 fully saturated rings. The molecule has 2 aromatic rings. The summed E-state index contributed by atoms with van der Waals surface area (Å²) >= 11 is 0. The van der Waals surface area contributed by atoms with E-state index in [1.54, 1.807) is 4.57 Å². The van der Waals surface area contributed by atoms with E-state index >= 15 is 0 Å². The molecule has 1 saturated heterocycles. The smallest absolute Gasteiger partial charge is 0.364 e. The van der Waals surface area contributed by atoms with Crippen LogP contribution in [0.25, 0.3) is 11.1 Å². The van der Waals surface area contributed by atoms with Crippen molar-refractivity contribution in [2.24, 2.45) is 0 Å². The quantitative estimate of drug-likeness (QED) is 0.591. The molecule has 0 atom stereocenters. The highest BCUT2D eigenvalue weighted by atomic mass is 16.2. The Morgan fingerprint density at radius 2 is 1.68 bits per heavy atom. The van der Waals surface area contributed by atoms with Gasteiger partial charge in [0, 0.05) is 37.4 Å². The maximum Gasteiger partial charge on any atom is 0.406 e. The average molecular weight is 336 g/mol. The van der Waals surface area contributed by atoms with Crippen molar-refractivity contribution < 1.29 is 13.9 Å². The van der Waals surface area contributed by atoms with Crippen molar-refractivity contribution in [2.75, 3.05) is 26.3 Å². The summed E-state index contributed by atoms with van der Waals surface area (Å²) in [5, 5.41) is 0. The van der Waals surface area contributed by atoms with Gasteiger partial charge in [-0.2, -0.15) is 0 Å². The molecule has 2 aromatic heterocycles. The molecule has 1 aliphatic heterocycles. The summed E-state index contributed by atoms with van der Waals surface area (Å²) in [5.74, 6) is 0.0781. The lowest BCUT2D eigenvalue weighted by atomic mass is 10.1. The molecule has 25 heavy (non-hydrogen) atoms. The maximum atomic E-state index is 12.4. The summed E-state index contributed by atoms with van der Waals surface area (Å²) in [5.41, 5.74) is 2.22. The van der Waals surface area contributed by atoms with Crippen molar-refractivity contribution in [1.29, 1.82) is 0 Å². The molecule has 5 heteroatoms. The van der Waals surface area contributed by atoms with Crippen LogP contribution in [0.5, 0.6) is 0 Å². The Morgan fingerprint density at radius 3 is 2.24 bits per heavy atom. The molecule has 0 aromatic carbocycles. The van der Waals surface area contributed by atoms with Gasteiger partial charge >= 0.3 is 5.91 Å². The summed E-state index contributed by atoms with van der Waals surface area (Å²) in [6.07, 6.45) is 11.4. The number of carbonyl (C=O) groups excluding carboxylic acids is 1. The fourth-order valence-electron chi connectivity index (χ4n) is 2.92. The van der Waals surface area contributed by atoms with Gasteiger partial charge in [0.1, 0.15) is 6.54 Å². The lowest BCUT2D eigenvalue weighted by Gasteiger charge is -2.13. The van der Waals surface area contributed by atoms with E-state index in [0.717, 1.165) is 37.4 Å². The standard InChI is InChI=1S/C20H24N4O/c1-3-9-22-10-5-18(6-11-22)19-7-12-24(13-8-19)20(25)16-23-15-14-21(4-2)17-23/h3-8,10-13H,1-2,9,14-17H2/q+2. The highest BCUT2D eigenvalue weighted by Crippen LogP contribution is 2.15. The number of carbonyl (C=O) groups is 1. The second kappa shape index (κ2) is 7.85. The van der Waals surface area contributed by atoms with Crippen molar-refractivity contribution in [1.82, 2.24) is 9.80 Å². The van der Waals surface area contributed by atoms with E-state index in [4.69, 9.17) is 0 Å². The maximum absolute atomic E-state index is 12.4. The molecule has 3 heterocycles. The van der Waals surface area contributed by atoms with Crippen LogP contribution in [0, 0.1) is 0 Å². The van der Waals surface area contributed by atoms with Gasteiger partial charge < -0.3 is 4.90 Å². The second-order valence-electron chi connectivity index (χ2n) is 6.15. The van der Waals surface area contributed by atoms with Crippen LogP contribution in [0.15, 0.2) is 74.5 Å². The molecule has 0 radical (unpaired) electrons. The van der Waals surface area contributed by atoms with Gasteiger partial charge in [-0.3, -0.25) is 4.90 Å². The number of pyridine rings is 2. The van der Waals surface area contributed by atoms with Gasteiger partial charge in [0.25, 0.3) is 0 Å². The van der Waals surface area contributed by atoms with Crippen molar-refractivity contribution in [2.45, 2.75) is 6.54 Å². The Balaban J connectivity index is 1.64. The molecule has 5 nitrogen and oxygen atoms in total. The topological polar surface area (TPSA) is 31.3 Å². The van der Waals surface area contributed by atoms with Gasteiger partial charge in [-0.25, -0.2) is 9.36 Å². The third kappa shape index (κ3) is 4.19. The third-order valence-corrected chi connectivity index (χ3v) is 4.38. The van der Waals surface area contributed by atoms with Crippen LogP contribution in [0.3, 0.4) is 0 Å². The zero-order chi connectivity index (χ0) is 17.6. The van der Waals surface area contributed by atoms with Crippen LogP contribution in [-0.4, -0.2) is 42.0 Å². The molecule has 3 rings (SSSR count). The summed E-state index contributed by atoms with van der Waals surface area (Å²) in [6, 6.07) is 8.09. The SMILES string of the molecule is C=CC[n+]1ccc(-c2cc[n+](C(=O)CN3CCN(C=C)C3)cc2)cc1. The van der Waals surface area contributed by atoms with Crippen LogP contribution >= 0.6 is 0 Å². The van der Waals surface area contributed by atoms with E-state index in [9.17, 15) is 4.79 Å². The van der Waals surface area contributed by atoms with Crippen molar-refractivity contribution >= 4 is 5.91 Å². The molecule has 0 N–H and O–H groups in total. The number of hydrogen-bond acceptors (Lipinski definition) is 3. The molecule has 0 spiro atoms. The Bertz CT molecular complexity index is 752. The van der Waals surface area contributed by atoms with Crippen LogP contribution < -0.4 is 9.13 Å². The third-order valence-electron chi connectivity index (χ3n) is 4.38. The number of allylic oxidation sites excluding steroid dienone is 1. The summed E-state index contributed by atoms with van der Waals surface area (Å²) in [4.78, 5) is 16.7. The second-order valence-corrected chi connectivity index (χ2v) is 6.15. The first-order chi connectivity index (χ1) is 12.2. The van der Waals surface area contributed by atoms with E-state index in [1.807, 2.05) is 49.2 Å². The molecular weight excluding hydrogens is 312 g/mol. The van der Waals surface area contributed by atoms with Crippen molar-refractivity contribution in [3.63, 3.8) is 0 Å². The zero-order valence-corrected chi connectivity index (χ0v) is 14.4. The molecular formula is C20H24N4O+2. The average Bonchev–Trinajstić information content (AvgIpc) is 3.10. The Morgan fingerprint density at radius 1 is 1.04 bits per heavy atom. The molecule has 0 unspecified atom stereocenters. The largest absolute Gasteiger partial charge is 0.406 e. The Hall–Kier alpha value is -2.79. The number of nitrogens with zero attached hydrogens (tertiary/aromatic N) is 4. The first kappa shape index (κ1) is 17.0. The molecule has 1 aliphatic rings. The van der Waals surface area contributed by atoms with Crippen molar-refractivity contribution in [3.05, 3.63) is 74.5 Å². The van der Waals surface area contributed by atoms with Gasteiger partial charge in [-0.05, 0) is 23.4 Å². The first-order valence-corrected chi connectivity index (χ1v) is 8.43. The van der Waals surface area contributed by atoms with Gasteiger partial charge in [0.2, 0.25) is 0 Å². The Labute approximate surface area is 148 Å². The predicted octanol–water partition coefficient (Wildman–Crippen LogP) is 1.47. The first-order valence-electron chi connectivity index (χ1n) is 8.43. The lowest BCUT2D eigenvalue weighted by Crippen LogP contribution is -2.48. The summed E-state index contributed by atoms with van der Waals surface area (Å²) in [7, 11) is 0. The van der Waals surface area contributed by atoms with Gasteiger partial charge in [-0.15, -0.1) is 4.57 Å². The minimum atomic E-state index is 0.0781. The van der Waals surface area contributed by atoms with E-state index in [-0.39, 0.29) is 5.91 Å². The number of rotatable bonds is 6. The van der Waals surface area contributed by atoms with Gasteiger partial charge in [0.15, 0.2) is 31.3 Å². The van der Waals surface area contributed by atoms with E-state index in [2.05, 4.69) is 39.7 Å². The number of aromatic nitrogens is 2. The summed E-state index contributed by atoms with van der Waals surface area (Å²) < 4.78 is 3.71. The highest BCUT2D eigenvalue weighted by molar-refractivity contribution is 5.69. The fraction of sp³-hybridized carbons (Fsp3) is 0.250. The highest BCUT2D eigenvalue weighted by Gasteiger charge is 2.24. The van der Waals surface area contributed by atoms with Crippen LogP contribution in [0.1, 0.15) is 4.79 Å². The molecule has 0 aliphatic carbocycles. The minimum absolute atomic E-state index is 0.0781. The van der Waals surface area contributed by atoms with Crippen molar-refractivity contribution in [3.8, 4) is 11.1 Å². The van der Waals surface area contributed by atoms with E-state index < -0.39 is 0 Å². The fourth-order valence-corrected chi connectivity index (χ4v) is 2.92. The molecule has 0 amide bonds. The van der Waals surface area contributed by atoms with E-state index in [0.29, 0.717) is 6.54 Å². The van der Waals surface area contributed by atoms with Crippen LogP contribution in [-0.2, 0) is 6.54 Å².